The van der Waals surface area contributed by atoms with Gasteiger partial charge in [0, 0.05) is 43.3 Å². The lowest BCUT2D eigenvalue weighted by Gasteiger charge is -2.06. The van der Waals surface area contributed by atoms with E-state index in [2.05, 4.69) is 10.6 Å². The Balaban J connectivity index is 1.62. The van der Waals surface area contributed by atoms with Crippen molar-refractivity contribution in [3.05, 3.63) is 71.4 Å². The minimum Gasteiger partial charge on any atom is -0.355 e. The second-order valence-electron chi connectivity index (χ2n) is 6.01. The normalized spacial score (nSPS) is 10.6. The van der Waals surface area contributed by atoms with E-state index in [0.717, 1.165) is 22.0 Å². The van der Waals surface area contributed by atoms with Crippen LogP contribution in [-0.2, 0) is 24.8 Å². The molecule has 3 aromatic rings. The van der Waals surface area contributed by atoms with Gasteiger partial charge in [0.05, 0.1) is 6.42 Å². The van der Waals surface area contributed by atoms with Crippen LogP contribution in [0.1, 0.15) is 21.5 Å². The van der Waals surface area contributed by atoms with E-state index < -0.39 is 0 Å². The largest absolute Gasteiger partial charge is 0.355 e. The molecule has 2 N–H and O–H groups in total. The molecule has 2 aromatic carbocycles. The van der Waals surface area contributed by atoms with Gasteiger partial charge in [0.25, 0.3) is 5.91 Å². The lowest BCUT2D eigenvalue weighted by molar-refractivity contribution is -0.120. The zero-order chi connectivity index (χ0) is 17.8. The van der Waals surface area contributed by atoms with Crippen LogP contribution in [0.15, 0.2) is 54.7 Å². The fraction of sp³-hybridized carbons (Fsp3) is 0.200. The number of rotatable bonds is 5. The maximum absolute atomic E-state index is 12.3. The topological polar surface area (TPSA) is 63.1 Å². The number of aryl methyl sites for hydroxylation is 1. The van der Waals surface area contributed by atoms with Crippen LogP contribution in [0.4, 0.5) is 0 Å². The molecule has 0 bridgehead atoms. The molecular formula is C20H21N3O2. The van der Waals surface area contributed by atoms with Crippen molar-refractivity contribution in [2.45, 2.75) is 13.0 Å². The maximum atomic E-state index is 12.3. The number of carbonyl (C=O) groups excluding carboxylic acids is 2. The predicted octanol–water partition coefficient (Wildman–Crippen LogP) is 2.40. The molecule has 5 nitrogen and oxygen atoms in total. The van der Waals surface area contributed by atoms with Crippen molar-refractivity contribution in [3.63, 3.8) is 0 Å². The summed E-state index contributed by atoms with van der Waals surface area (Å²) in [5.41, 5.74) is 3.70. The zero-order valence-electron chi connectivity index (χ0n) is 14.4. The molecule has 128 valence electrons. The molecule has 1 aromatic heterocycles. The highest BCUT2D eigenvalue weighted by molar-refractivity contribution is 5.94. The van der Waals surface area contributed by atoms with Gasteiger partial charge < -0.3 is 15.2 Å². The Morgan fingerprint density at radius 2 is 1.76 bits per heavy atom. The summed E-state index contributed by atoms with van der Waals surface area (Å²) in [5, 5.41) is 6.63. The molecule has 0 saturated carbocycles. The van der Waals surface area contributed by atoms with Crippen LogP contribution in [0, 0.1) is 0 Å². The van der Waals surface area contributed by atoms with Crippen LogP contribution in [0.25, 0.3) is 10.9 Å². The molecule has 0 aliphatic carbocycles. The highest BCUT2D eigenvalue weighted by Crippen LogP contribution is 2.20. The number of benzene rings is 2. The number of amides is 2. The molecule has 1 heterocycles. The van der Waals surface area contributed by atoms with E-state index in [0.29, 0.717) is 18.5 Å². The van der Waals surface area contributed by atoms with Gasteiger partial charge in [0.15, 0.2) is 0 Å². The van der Waals surface area contributed by atoms with E-state index in [4.69, 9.17) is 0 Å². The number of para-hydroxylation sites is 1. The van der Waals surface area contributed by atoms with Crippen molar-refractivity contribution in [3.8, 4) is 0 Å². The summed E-state index contributed by atoms with van der Waals surface area (Å²) in [7, 11) is 3.58. The minimum absolute atomic E-state index is 0.0215. The van der Waals surface area contributed by atoms with Gasteiger partial charge in [-0.15, -0.1) is 0 Å². The Labute approximate surface area is 146 Å². The highest BCUT2D eigenvalue weighted by Gasteiger charge is 2.10. The minimum atomic E-state index is -0.119. The fourth-order valence-corrected chi connectivity index (χ4v) is 2.92. The van der Waals surface area contributed by atoms with Crippen LogP contribution in [0.3, 0.4) is 0 Å². The summed E-state index contributed by atoms with van der Waals surface area (Å²) >= 11 is 0. The first-order chi connectivity index (χ1) is 12.1. The van der Waals surface area contributed by atoms with Crippen LogP contribution in [-0.4, -0.2) is 23.4 Å². The predicted molar refractivity (Wildman–Crippen MR) is 98.3 cm³/mol. The monoisotopic (exact) mass is 335 g/mol. The van der Waals surface area contributed by atoms with Gasteiger partial charge in [-0.2, -0.15) is 0 Å². The lowest BCUT2D eigenvalue weighted by atomic mass is 10.1. The van der Waals surface area contributed by atoms with Gasteiger partial charge >= 0.3 is 0 Å². The SMILES string of the molecule is CNC(=O)c1ccc(CNC(=O)Cc2cn(C)c3ccccc23)cc1. The van der Waals surface area contributed by atoms with E-state index in [1.807, 2.05) is 54.2 Å². The maximum Gasteiger partial charge on any atom is 0.251 e. The van der Waals surface area contributed by atoms with E-state index in [1.165, 1.54) is 0 Å². The molecule has 0 aliphatic heterocycles. The fourth-order valence-electron chi connectivity index (χ4n) is 2.92. The Bertz CT molecular complexity index is 910. The van der Waals surface area contributed by atoms with Crippen molar-refractivity contribution in [1.82, 2.24) is 15.2 Å². The lowest BCUT2D eigenvalue weighted by Crippen LogP contribution is -2.24. The van der Waals surface area contributed by atoms with E-state index in [9.17, 15) is 9.59 Å². The van der Waals surface area contributed by atoms with Crippen molar-refractivity contribution in [1.29, 1.82) is 0 Å². The smallest absolute Gasteiger partial charge is 0.251 e. The van der Waals surface area contributed by atoms with Gasteiger partial charge in [0.2, 0.25) is 5.91 Å². The van der Waals surface area contributed by atoms with Crippen molar-refractivity contribution < 1.29 is 9.59 Å². The molecule has 2 amide bonds. The number of hydrogen-bond acceptors (Lipinski definition) is 2. The van der Waals surface area contributed by atoms with Gasteiger partial charge in [-0.3, -0.25) is 9.59 Å². The number of carbonyl (C=O) groups is 2. The quantitative estimate of drug-likeness (QED) is 0.752. The third kappa shape index (κ3) is 3.71. The number of fused-ring (bicyclic) bond motifs is 1. The first-order valence-corrected chi connectivity index (χ1v) is 8.19. The molecule has 0 spiro atoms. The molecular weight excluding hydrogens is 314 g/mol. The number of hydrogen-bond donors (Lipinski definition) is 2. The Kier molecular flexibility index (Phi) is 4.84. The Morgan fingerprint density at radius 1 is 1.04 bits per heavy atom. The molecule has 25 heavy (non-hydrogen) atoms. The van der Waals surface area contributed by atoms with E-state index >= 15 is 0 Å². The summed E-state index contributed by atoms with van der Waals surface area (Å²) in [6.45, 7) is 0.442. The average molecular weight is 335 g/mol. The van der Waals surface area contributed by atoms with E-state index in [1.54, 1.807) is 19.2 Å². The Hall–Kier alpha value is -3.08. The molecule has 0 radical (unpaired) electrons. The molecule has 0 atom stereocenters. The number of aromatic nitrogens is 1. The summed E-state index contributed by atoms with van der Waals surface area (Å²) < 4.78 is 2.04. The third-order valence-electron chi connectivity index (χ3n) is 4.26. The summed E-state index contributed by atoms with van der Waals surface area (Å²) in [4.78, 5) is 23.8. The van der Waals surface area contributed by atoms with Gasteiger partial charge in [-0.1, -0.05) is 30.3 Å². The molecule has 0 saturated heterocycles. The first kappa shape index (κ1) is 16.8. The molecule has 5 heteroatoms. The summed E-state index contributed by atoms with van der Waals surface area (Å²) in [6, 6.07) is 15.3. The van der Waals surface area contributed by atoms with Gasteiger partial charge in [-0.25, -0.2) is 0 Å². The van der Waals surface area contributed by atoms with Gasteiger partial charge in [-0.05, 0) is 29.3 Å². The molecule has 0 fully saturated rings. The third-order valence-corrected chi connectivity index (χ3v) is 4.26. The highest BCUT2D eigenvalue weighted by atomic mass is 16.2. The van der Waals surface area contributed by atoms with E-state index in [-0.39, 0.29) is 11.8 Å². The molecule has 0 unspecified atom stereocenters. The van der Waals surface area contributed by atoms with Crippen LogP contribution in [0.2, 0.25) is 0 Å². The number of nitrogens with one attached hydrogen (secondary N) is 2. The summed E-state index contributed by atoms with van der Waals surface area (Å²) in [5.74, 6) is -0.140. The first-order valence-electron chi connectivity index (χ1n) is 8.19. The average Bonchev–Trinajstić information content (AvgIpc) is 2.96. The second kappa shape index (κ2) is 7.21. The van der Waals surface area contributed by atoms with Crippen molar-refractivity contribution in [2.75, 3.05) is 7.05 Å². The Morgan fingerprint density at radius 3 is 2.48 bits per heavy atom. The second-order valence-corrected chi connectivity index (χ2v) is 6.01. The van der Waals surface area contributed by atoms with Crippen LogP contribution in [0.5, 0.6) is 0 Å². The summed E-state index contributed by atoms with van der Waals surface area (Å²) in [6.07, 6.45) is 2.35. The van der Waals surface area contributed by atoms with Crippen molar-refractivity contribution in [2.24, 2.45) is 7.05 Å². The zero-order valence-corrected chi connectivity index (χ0v) is 14.4. The van der Waals surface area contributed by atoms with Gasteiger partial charge in [0.1, 0.15) is 0 Å². The van der Waals surface area contributed by atoms with Crippen LogP contribution >= 0.6 is 0 Å². The molecule has 0 aliphatic rings. The standard InChI is InChI=1S/C20H21N3O2/c1-21-20(25)15-9-7-14(8-10-15)12-22-19(24)11-16-13-23(2)18-6-4-3-5-17(16)18/h3-10,13H,11-12H2,1-2H3,(H,21,25)(H,22,24). The molecule has 3 rings (SSSR count). The van der Waals surface area contributed by atoms with Crippen LogP contribution < -0.4 is 10.6 Å². The van der Waals surface area contributed by atoms with Crippen molar-refractivity contribution >= 4 is 22.7 Å². The number of nitrogens with zero attached hydrogens (tertiary/aromatic N) is 1.